The number of rotatable bonds is 6. The molecule has 0 aromatic heterocycles. The Morgan fingerprint density at radius 3 is 2.62 bits per heavy atom. The number of methoxy groups -OCH3 is 1. The van der Waals surface area contributed by atoms with E-state index in [1.807, 2.05) is 0 Å². The number of ether oxygens (including phenoxy) is 1. The van der Waals surface area contributed by atoms with E-state index in [0.29, 0.717) is 4.48 Å². The second kappa shape index (κ2) is 6.78. The molecule has 1 N–H and O–H groups in total. The first-order chi connectivity index (χ1) is 9.69. The molecule has 1 aromatic rings. The molecule has 0 heterocycles. The highest BCUT2D eigenvalue weighted by Crippen LogP contribution is 2.22. The van der Waals surface area contributed by atoms with Crippen LogP contribution in [0.5, 0.6) is 0 Å². The van der Waals surface area contributed by atoms with Crippen LogP contribution in [-0.4, -0.2) is 33.0 Å². The lowest BCUT2D eigenvalue weighted by Gasteiger charge is -2.10. The predicted octanol–water partition coefficient (Wildman–Crippen LogP) is 1.57. The molecule has 0 aliphatic heterocycles. The fourth-order valence-corrected chi connectivity index (χ4v) is 2.91. The van der Waals surface area contributed by atoms with Gasteiger partial charge < -0.3 is 4.74 Å². The van der Waals surface area contributed by atoms with Crippen molar-refractivity contribution in [2.75, 3.05) is 13.7 Å². The second-order valence-corrected chi connectivity index (χ2v) is 6.63. The third-order valence-electron chi connectivity index (χ3n) is 2.32. The maximum atomic E-state index is 12.1. The zero-order valence-electron chi connectivity index (χ0n) is 10.8. The van der Waals surface area contributed by atoms with Crippen LogP contribution < -0.4 is 4.72 Å². The molecule has 0 atom stereocenters. The van der Waals surface area contributed by atoms with Gasteiger partial charge in [-0.25, -0.2) is 17.9 Å². The van der Waals surface area contributed by atoms with Gasteiger partial charge in [0.15, 0.2) is 0 Å². The molecule has 0 saturated heterocycles. The fraction of sp³-hybridized carbons (Fsp3) is 0.182. The molecule has 0 aliphatic carbocycles. The maximum absolute atomic E-state index is 12.1. The molecule has 0 saturated carbocycles. The third kappa shape index (κ3) is 4.34. The Balaban J connectivity index is 3.37. The van der Waals surface area contributed by atoms with Crippen molar-refractivity contribution in [2.45, 2.75) is 4.90 Å². The molecule has 114 valence electrons. The highest BCUT2D eigenvalue weighted by molar-refractivity contribution is 9.11. The molecular formula is C11H11BrN2O6S. The highest BCUT2D eigenvalue weighted by atomic mass is 79.9. The Hall–Kier alpha value is -1.78. The summed E-state index contributed by atoms with van der Waals surface area (Å²) in [7, 11) is -3.00. The summed E-state index contributed by atoms with van der Waals surface area (Å²) in [5.74, 6) is -0.989. The number of sulfonamides is 1. The zero-order chi connectivity index (χ0) is 16.2. The quantitative estimate of drug-likeness (QED) is 0.456. The lowest BCUT2D eigenvalue weighted by Crippen LogP contribution is -2.26. The summed E-state index contributed by atoms with van der Waals surface area (Å²) in [5.41, 5.74) is -0.835. The molecule has 0 radical (unpaired) electrons. The van der Waals surface area contributed by atoms with Gasteiger partial charge in [-0.05, 0) is 6.07 Å². The summed E-state index contributed by atoms with van der Waals surface area (Å²) >= 11 is 2.99. The smallest absolute Gasteiger partial charge is 0.339 e. The van der Waals surface area contributed by atoms with Crippen LogP contribution >= 0.6 is 15.9 Å². The van der Waals surface area contributed by atoms with Gasteiger partial charge >= 0.3 is 5.97 Å². The molecule has 8 nitrogen and oxygen atoms in total. The number of hydrogen-bond donors (Lipinski definition) is 1. The monoisotopic (exact) mass is 378 g/mol. The molecule has 10 heteroatoms. The summed E-state index contributed by atoms with van der Waals surface area (Å²) in [6.07, 6.45) is 0. The van der Waals surface area contributed by atoms with Crippen molar-refractivity contribution in [3.05, 3.63) is 44.9 Å². The van der Waals surface area contributed by atoms with Crippen molar-refractivity contribution in [3.63, 3.8) is 0 Å². The lowest BCUT2D eigenvalue weighted by molar-refractivity contribution is -0.384. The van der Waals surface area contributed by atoms with E-state index >= 15 is 0 Å². The Kier molecular flexibility index (Phi) is 5.58. The van der Waals surface area contributed by atoms with Crippen molar-refractivity contribution >= 4 is 37.6 Å². The van der Waals surface area contributed by atoms with E-state index in [2.05, 4.69) is 32.0 Å². The van der Waals surface area contributed by atoms with Gasteiger partial charge in [0.25, 0.3) is 5.69 Å². The zero-order valence-corrected chi connectivity index (χ0v) is 13.2. The molecule has 21 heavy (non-hydrogen) atoms. The Bertz CT molecular complexity index is 701. The minimum atomic E-state index is -4.05. The summed E-state index contributed by atoms with van der Waals surface area (Å²) < 4.78 is 31.2. The Labute approximate surface area is 129 Å². The molecule has 1 aromatic carbocycles. The normalized spacial score (nSPS) is 11.0. The third-order valence-corrected chi connectivity index (χ3v) is 4.06. The van der Waals surface area contributed by atoms with Crippen LogP contribution in [0.4, 0.5) is 5.69 Å². The summed E-state index contributed by atoms with van der Waals surface area (Å²) in [4.78, 5) is 21.2. The summed E-state index contributed by atoms with van der Waals surface area (Å²) in [5, 5.41) is 10.7. The fourth-order valence-electron chi connectivity index (χ4n) is 1.39. The number of nitro groups is 1. The van der Waals surface area contributed by atoms with Gasteiger partial charge in [0.2, 0.25) is 10.0 Å². The van der Waals surface area contributed by atoms with E-state index in [9.17, 15) is 23.3 Å². The van der Waals surface area contributed by atoms with Gasteiger partial charge in [0.1, 0.15) is 0 Å². The van der Waals surface area contributed by atoms with Crippen LogP contribution in [-0.2, 0) is 14.8 Å². The van der Waals surface area contributed by atoms with Gasteiger partial charge in [-0.1, -0.05) is 22.5 Å². The first-order valence-electron chi connectivity index (χ1n) is 5.38. The largest absolute Gasteiger partial charge is 0.465 e. The van der Waals surface area contributed by atoms with Crippen molar-refractivity contribution in [3.8, 4) is 0 Å². The average molecular weight is 379 g/mol. The van der Waals surface area contributed by atoms with E-state index < -0.39 is 37.1 Å². The van der Waals surface area contributed by atoms with Crippen molar-refractivity contribution in [1.82, 2.24) is 4.72 Å². The minimum Gasteiger partial charge on any atom is -0.465 e. The number of hydrogen-bond acceptors (Lipinski definition) is 6. The molecule has 0 fully saturated rings. The lowest BCUT2D eigenvalue weighted by atomic mass is 10.2. The van der Waals surface area contributed by atoms with E-state index in [-0.39, 0.29) is 6.54 Å². The van der Waals surface area contributed by atoms with E-state index in [4.69, 9.17) is 0 Å². The molecule has 0 unspecified atom stereocenters. The first kappa shape index (κ1) is 17.3. The van der Waals surface area contributed by atoms with Gasteiger partial charge in [-0.3, -0.25) is 10.1 Å². The molecule has 0 spiro atoms. The number of nitrogens with one attached hydrogen (secondary N) is 1. The minimum absolute atomic E-state index is 0.0973. The number of non-ortho nitro benzene ring substituents is 1. The molecule has 0 amide bonds. The summed E-state index contributed by atoms with van der Waals surface area (Å²) in [6, 6.07) is 2.82. The number of esters is 1. The number of nitrogens with zero attached hydrogens (tertiary/aromatic N) is 1. The van der Waals surface area contributed by atoms with Gasteiger partial charge in [0, 0.05) is 23.2 Å². The number of nitro benzene ring substituents is 1. The Morgan fingerprint density at radius 2 is 2.14 bits per heavy atom. The van der Waals surface area contributed by atoms with E-state index in [0.717, 1.165) is 25.3 Å². The van der Waals surface area contributed by atoms with E-state index in [1.165, 1.54) is 0 Å². The Morgan fingerprint density at radius 1 is 1.52 bits per heavy atom. The highest BCUT2D eigenvalue weighted by Gasteiger charge is 2.25. The van der Waals surface area contributed by atoms with Crippen LogP contribution in [0.15, 0.2) is 34.2 Å². The number of benzene rings is 1. The van der Waals surface area contributed by atoms with Crippen molar-refractivity contribution in [2.24, 2.45) is 0 Å². The van der Waals surface area contributed by atoms with Crippen LogP contribution in [0.25, 0.3) is 0 Å². The van der Waals surface area contributed by atoms with Crippen molar-refractivity contribution in [1.29, 1.82) is 0 Å². The predicted molar refractivity (Wildman–Crippen MR) is 77.7 cm³/mol. The van der Waals surface area contributed by atoms with Gasteiger partial charge in [-0.2, -0.15) is 0 Å². The SMILES string of the molecule is C=C(Br)CNS(=O)(=O)c1ccc([N+](=O)[O-])cc1C(=O)OC. The number of carbonyl (C=O) groups excluding carboxylic acids is 1. The molecule has 0 bridgehead atoms. The summed E-state index contributed by atoms with van der Waals surface area (Å²) in [6.45, 7) is 3.37. The van der Waals surface area contributed by atoms with Gasteiger partial charge in [0.05, 0.1) is 22.5 Å². The molecule has 0 aliphatic rings. The van der Waals surface area contributed by atoms with Crippen LogP contribution in [0.2, 0.25) is 0 Å². The number of carbonyl (C=O) groups is 1. The molecular weight excluding hydrogens is 368 g/mol. The van der Waals surface area contributed by atoms with Crippen molar-refractivity contribution < 1.29 is 22.9 Å². The molecule has 1 rings (SSSR count). The van der Waals surface area contributed by atoms with Crippen LogP contribution in [0, 0.1) is 10.1 Å². The first-order valence-corrected chi connectivity index (χ1v) is 7.66. The van der Waals surface area contributed by atoms with Crippen LogP contribution in [0.1, 0.15) is 10.4 Å². The topological polar surface area (TPSA) is 116 Å². The van der Waals surface area contributed by atoms with Gasteiger partial charge in [-0.15, -0.1) is 0 Å². The average Bonchev–Trinajstić information content (AvgIpc) is 2.43. The second-order valence-electron chi connectivity index (χ2n) is 3.77. The van der Waals surface area contributed by atoms with Crippen LogP contribution in [0.3, 0.4) is 0 Å². The van der Waals surface area contributed by atoms with E-state index in [1.54, 1.807) is 0 Å². The maximum Gasteiger partial charge on any atom is 0.339 e. The number of halogens is 1. The standard InChI is InChI=1S/C11H11BrN2O6S/c1-7(12)6-13-21(18,19)10-4-3-8(14(16)17)5-9(10)11(15)20-2/h3-5,13H,1,6H2,2H3.